The topological polar surface area (TPSA) is 175 Å². The third kappa shape index (κ3) is 5.10. The van der Waals surface area contributed by atoms with Gasteiger partial charge in [-0.15, -0.1) is 0 Å². The monoisotopic (exact) mass is 737 g/mol. The molecule has 2 aromatic rings. The Balaban J connectivity index is 1.67. The summed E-state index contributed by atoms with van der Waals surface area (Å²) in [6.07, 6.45) is 0.880. The van der Waals surface area contributed by atoms with E-state index in [0.29, 0.717) is 24.8 Å². The van der Waals surface area contributed by atoms with Gasteiger partial charge in [-0.25, -0.2) is 0 Å². The number of phenolic OH excluding ortho intramolecular Hbond substituents is 1. The summed E-state index contributed by atoms with van der Waals surface area (Å²) in [7, 11) is 0. The van der Waals surface area contributed by atoms with Crippen molar-refractivity contribution in [1.29, 1.82) is 0 Å². The Morgan fingerprint density at radius 1 is 1.00 bits per heavy atom. The van der Waals surface area contributed by atoms with Crippen molar-refractivity contribution in [2.24, 2.45) is 52.1 Å². The molecule has 4 aliphatic rings. The molecule has 0 bridgehead atoms. The minimum atomic E-state index is -2.73. The number of carbonyl (C=O) groups excluding carboxylic acids is 4. The molecular weight excluding hydrogens is 690 g/mol. The van der Waals surface area contributed by atoms with Gasteiger partial charge in [0.2, 0.25) is 5.91 Å². The number of amides is 1. The molecule has 4 aliphatic carbocycles. The van der Waals surface area contributed by atoms with Crippen LogP contribution in [-0.4, -0.2) is 61.5 Å². The highest BCUT2D eigenvalue weighted by molar-refractivity contribution is 9.10. The predicted octanol–water partition coefficient (Wildman–Crippen LogP) is 4.88. The Kier molecular flexibility index (Phi) is 9.30. The Bertz CT molecular complexity index is 1670. The number of hydrogen-bond acceptors (Lipinski definition) is 8. The van der Waals surface area contributed by atoms with Crippen LogP contribution < -0.4 is 5.73 Å². The summed E-state index contributed by atoms with van der Waals surface area (Å²) in [5, 5.41) is 48.6. The van der Waals surface area contributed by atoms with Crippen molar-refractivity contribution >= 4 is 39.2 Å². The van der Waals surface area contributed by atoms with Crippen molar-refractivity contribution in [3.63, 3.8) is 0 Å². The van der Waals surface area contributed by atoms with Gasteiger partial charge in [-0.2, -0.15) is 0 Å². The number of benzene rings is 2. The van der Waals surface area contributed by atoms with Crippen molar-refractivity contribution in [3.05, 3.63) is 63.6 Å². The minimum Gasteiger partial charge on any atom is -0.507 e. The molecule has 0 aliphatic heterocycles. The second kappa shape index (κ2) is 12.7. The summed E-state index contributed by atoms with van der Waals surface area (Å²) in [5.41, 5.74) is 1.48. The lowest BCUT2D eigenvalue weighted by Crippen LogP contribution is -2.82. The number of halogens is 1. The number of phenols is 1. The Labute approximate surface area is 295 Å². The van der Waals surface area contributed by atoms with Crippen LogP contribution in [0.15, 0.2) is 46.9 Å². The molecule has 6 N–H and O–H groups in total. The molecular formula is C39H48BrNO8. The van der Waals surface area contributed by atoms with Crippen LogP contribution in [0, 0.1) is 46.3 Å². The number of aliphatic hydroxyl groups excluding tert-OH is 2. The fourth-order valence-electron chi connectivity index (χ4n) is 11.2. The van der Waals surface area contributed by atoms with Crippen molar-refractivity contribution < 1.29 is 39.6 Å². The molecule has 10 atom stereocenters. The molecule has 49 heavy (non-hydrogen) atoms. The second-order valence-corrected chi connectivity index (χ2v) is 16.8. The number of rotatable bonds is 7. The number of aromatic hydroxyl groups is 1. The second-order valence-electron chi connectivity index (χ2n) is 15.9. The van der Waals surface area contributed by atoms with E-state index in [4.69, 9.17) is 5.73 Å². The van der Waals surface area contributed by atoms with Crippen molar-refractivity contribution in [1.82, 2.24) is 0 Å². The van der Waals surface area contributed by atoms with Crippen LogP contribution in [0.3, 0.4) is 0 Å². The summed E-state index contributed by atoms with van der Waals surface area (Å²) < 4.78 is 0.873. The number of aliphatic hydroxyl groups is 3. The maximum absolute atomic E-state index is 14.8. The van der Waals surface area contributed by atoms with E-state index in [1.807, 2.05) is 45.0 Å². The first kappa shape index (κ1) is 35.9. The first-order chi connectivity index (χ1) is 23.0. The molecule has 0 heterocycles. The first-order valence-corrected chi connectivity index (χ1v) is 18.4. The lowest BCUT2D eigenvalue weighted by molar-refractivity contribution is -0.293. The summed E-state index contributed by atoms with van der Waals surface area (Å²) in [6.45, 7) is 7.14. The van der Waals surface area contributed by atoms with Crippen LogP contribution >= 0.6 is 15.9 Å². The SMILES string of the molecule is CC(C)[C@H]1C(O)[C@@H](C(N)=O)C(=O)[C@]2(O)C(O)[C@H]3C(=O)c4c(O)cccc4[C@@H](Cc4ccc(Br)cc4)[C@]3(C)[C@@H](CC(=O)C3CCCCC3)[C@]12C. The molecule has 1 amide bonds. The van der Waals surface area contributed by atoms with Gasteiger partial charge in [0.25, 0.3) is 0 Å². The van der Waals surface area contributed by atoms with Gasteiger partial charge in [-0.1, -0.05) is 87.2 Å². The zero-order valence-electron chi connectivity index (χ0n) is 28.6. The lowest BCUT2D eigenvalue weighted by Gasteiger charge is -2.71. The van der Waals surface area contributed by atoms with E-state index in [2.05, 4.69) is 15.9 Å². The highest BCUT2D eigenvalue weighted by atomic mass is 79.9. The fourth-order valence-corrected chi connectivity index (χ4v) is 11.4. The average Bonchev–Trinajstić information content (AvgIpc) is 3.04. The smallest absolute Gasteiger partial charge is 0.230 e. The third-order valence-electron chi connectivity index (χ3n) is 13.3. The average molecular weight is 739 g/mol. The van der Waals surface area contributed by atoms with Crippen molar-refractivity contribution in [3.8, 4) is 5.75 Å². The quantitative estimate of drug-likeness (QED) is 0.250. The van der Waals surface area contributed by atoms with Crippen molar-refractivity contribution in [2.45, 2.75) is 96.4 Å². The van der Waals surface area contributed by atoms with Gasteiger partial charge in [0.05, 0.1) is 17.6 Å². The summed E-state index contributed by atoms with van der Waals surface area (Å²) in [5.74, 6) is -9.68. The standard InChI is InChI=1S/C39H48BrNO8/c1-19(2)30-33(45)29(36(41)48)34(46)39(49)35(47)31-32(44)28-23(11-8-12-25(28)42)24(17-20-13-15-22(40)16-14-20)37(31,3)27(38(30,39)4)18-26(43)21-9-6-5-7-10-21/h8,11-16,19,21,24,27,29-31,33,35,42,45,47,49H,5-7,9-10,17-18H2,1-4H3,(H2,41,48)/t24-,27-,29-,30+,31-,33?,35?,37-,38-,39+/m1/s1. The Morgan fingerprint density at radius 2 is 1.63 bits per heavy atom. The van der Waals surface area contributed by atoms with Gasteiger partial charge in [-0.3, -0.25) is 19.2 Å². The zero-order valence-corrected chi connectivity index (χ0v) is 30.2. The van der Waals surface area contributed by atoms with Crippen molar-refractivity contribution in [2.75, 3.05) is 0 Å². The molecule has 2 unspecified atom stereocenters. The molecule has 0 radical (unpaired) electrons. The highest BCUT2D eigenvalue weighted by Gasteiger charge is 2.80. The van der Waals surface area contributed by atoms with Crippen LogP contribution in [0.2, 0.25) is 0 Å². The number of Topliss-reactive ketones (excluding diaryl/α,β-unsaturated/α-hetero) is 3. The van der Waals surface area contributed by atoms with Crippen LogP contribution in [0.1, 0.15) is 93.6 Å². The van der Waals surface area contributed by atoms with Gasteiger partial charge in [0.1, 0.15) is 23.6 Å². The van der Waals surface area contributed by atoms with Gasteiger partial charge < -0.3 is 26.2 Å². The lowest BCUT2D eigenvalue weighted by atomic mass is 9.33. The van der Waals surface area contributed by atoms with E-state index in [0.717, 1.165) is 29.3 Å². The maximum atomic E-state index is 14.8. The molecule has 264 valence electrons. The summed E-state index contributed by atoms with van der Waals surface area (Å²) in [6, 6.07) is 12.6. The molecule has 0 spiro atoms. The summed E-state index contributed by atoms with van der Waals surface area (Å²) >= 11 is 3.49. The molecule has 0 aromatic heterocycles. The Morgan fingerprint density at radius 3 is 2.22 bits per heavy atom. The van der Waals surface area contributed by atoms with E-state index < -0.39 is 81.6 Å². The molecule has 9 nitrogen and oxygen atoms in total. The predicted molar refractivity (Wildman–Crippen MR) is 185 cm³/mol. The maximum Gasteiger partial charge on any atom is 0.230 e. The van der Waals surface area contributed by atoms with E-state index in [-0.39, 0.29) is 29.4 Å². The number of carbonyl (C=O) groups is 4. The molecule has 3 saturated carbocycles. The van der Waals surface area contributed by atoms with Crippen LogP contribution in [0.25, 0.3) is 0 Å². The van der Waals surface area contributed by atoms with E-state index in [1.54, 1.807) is 19.1 Å². The first-order valence-electron chi connectivity index (χ1n) is 17.6. The molecule has 3 fully saturated rings. The fraction of sp³-hybridized carbons (Fsp3) is 0.590. The molecule has 10 heteroatoms. The van der Waals surface area contributed by atoms with Gasteiger partial charge >= 0.3 is 0 Å². The van der Waals surface area contributed by atoms with Crippen LogP contribution in [0.4, 0.5) is 0 Å². The highest BCUT2D eigenvalue weighted by Crippen LogP contribution is 2.72. The molecule has 6 rings (SSSR count). The number of fused-ring (bicyclic) bond motifs is 3. The minimum absolute atomic E-state index is 0.00542. The van der Waals surface area contributed by atoms with Crippen LogP contribution in [-0.2, 0) is 20.8 Å². The van der Waals surface area contributed by atoms with Gasteiger partial charge in [0.15, 0.2) is 17.2 Å². The third-order valence-corrected chi connectivity index (χ3v) is 13.9. The van der Waals surface area contributed by atoms with E-state index >= 15 is 0 Å². The molecule has 0 saturated heterocycles. The number of nitrogens with two attached hydrogens (primary N) is 1. The van der Waals surface area contributed by atoms with Crippen LogP contribution in [0.5, 0.6) is 5.75 Å². The molecule has 2 aromatic carbocycles. The van der Waals surface area contributed by atoms with E-state index in [1.165, 1.54) is 6.07 Å². The van der Waals surface area contributed by atoms with Gasteiger partial charge in [-0.05, 0) is 77.7 Å². The summed E-state index contributed by atoms with van der Waals surface area (Å²) in [4.78, 5) is 56.7. The number of ketones is 3. The Hall–Kier alpha value is -2.92. The zero-order chi connectivity index (χ0) is 35.8. The number of primary amides is 1. The van der Waals surface area contributed by atoms with Gasteiger partial charge in [0, 0.05) is 22.2 Å². The largest absolute Gasteiger partial charge is 0.507 e. The van der Waals surface area contributed by atoms with E-state index in [9.17, 15) is 39.6 Å². The number of hydrogen-bond donors (Lipinski definition) is 5. The normalized spacial score (nSPS) is 37.7.